The standard InChI is InChI=1S/C25H37NO4/c27-20-23-18-22(13-14-24(23)28)25(29)19-26-15-7-1-2-8-16-30-17-9-6-12-21-10-4-3-5-11-21/h3-5,10-11,13-14,18,25-29H,1-2,6-9,12,15-17,19-20H2/i13D,14D,16D2,17D2,18D,19D2. The van der Waals surface area contributed by atoms with Crippen molar-refractivity contribution in [1.29, 1.82) is 0 Å². The molecule has 0 heterocycles. The van der Waals surface area contributed by atoms with Crippen molar-refractivity contribution in [3.05, 3.63) is 65.1 Å². The Balaban J connectivity index is 1.79. The first-order chi connectivity index (χ1) is 18.1. The quantitative estimate of drug-likeness (QED) is 0.305. The third kappa shape index (κ3) is 9.72. The van der Waals surface area contributed by atoms with Crippen molar-refractivity contribution in [2.24, 2.45) is 0 Å². The van der Waals surface area contributed by atoms with E-state index in [1.54, 1.807) is 0 Å². The molecule has 0 saturated heterocycles. The lowest BCUT2D eigenvalue weighted by molar-refractivity contribution is 0.126. The van der Waals surface area contributed by atoms with E-state index in [-0.39, 0.29) is 24.9 Å². The predicted octanol–water partition coefficient (Wildman–Crippen LogP) is 4.11. The van der Waals surface area contributed by atoms with Crippen LogP contribution in [0.5, 0.6) is 5.75 Å². The SMILES string of the molecule is [2H]c1c([2H])c(C(O)C([2H])([2H])NCCCCCC([2H])([2H])OC([2H])([2H])CCCc2ccccc2)c([2H])c(CO)c1O. The Morgan fingerprint density at radius 1 is 1.00 bits per heavy atom. The normalized spacial score (nSPS) is 18.0. The minimum atomic E-state index is -2.50. The zero-order valence-electron chi connectivity index (χ0n) is 26.1. The summed E-state index contributed by atoms with van der Waals surface area (Å²) in [4.78, 5) is 0. The van der Waals surface area contributed by atoms with E-state index < -0.39 is 61.8 Å². The summed E-state index contributed by atoms with van der Waals surface area (Å²) < 4.78 is 77.2. The van der Waals surface area contributed by atoms with E-state index >= 15 is 0 Å². The number of aliphatic hydroxyl groups excluding tert-OH is 2. The summed E-state index contributed by atoms with van der Waals surface area (Å²) in [5, 5.41) is 32.3. The second-order valence-electron chi connectivity index (χ2n) is 6.79. The van der Waals surface area contributed by atoms with Gasteiger partial charge in [-0.2, -0.15) is 0 Å². The number of hydrogen-bond donors (Lipinski definition) is 4. The van der Waals surface area contributed by atoms with Crippen LogP contribution in [0.1, 0.15) is 73.7 Å². The van der Waals surface area contributed by atoms with Crippen LogP contribution in [0.3, 0.4) is 0 Å². The third-order valence-electron chi connectivity index (χ3n) is 4.37. The first kappa shape index (κ1) is 14.2. The fourth-order valence-corrected chi connectivity index (χ4v) is 2.70. The lowest BCUT2D eigenvalue weighted by atomic mass is 10.1. The van der Waals surface area contributed by atoms with E-state index in [9.17, 15) is 15.3 Å². The zero-order chi connectivity index (χ0) is 29.4. The molecule has 4 N–H and O–H groups in total. The molecule has 0 aromatic heterocycles. The molecular formula is C25H37NO4. The topological polar surface area (TPSA) is 82.0 Å². The molecule has 5 heteroatoms. The largest absolute Gasteiger partial charge is 0.508 e. The number of phenols is 1. The lowest BCUT2D eigenvalue weighted by Gasteiger charge is -2.14. The number of benzene rings is 2. The number of ether oxygens (including phenoxy) is 1. The van der Waals surface area contributed by atoms with Gasteiger partial charge < -0.3 is 25.4 Å². The van der Waals surface area contributed by atoms with Crippen LogP contribution in [0.2, 0.25) is 0 Å². The maximum absolute atomic E-state index is 10.6. The van der Waals surface area contributed by atoms with Gasteiger partial charge in [-0.1, -0.05) is 49.2 Å². The molecular weight excluding hydrogens is 378 g/mol. The third-order valence-corrected chi connectivity index (χ3v) is 4.37. The summed E-state index contributed by atoms with van der Waals surface area (Å²) in [5.74, 6) is -0.763. The van der Waals surface area contributed by atoms with E-state index in [1.165, 1.54) is 0 Å². The highest BCUT2D eigenvalue weighted by Crippen LogP contribution is 2.22. The van der Waals surface area contributed by atoms with Gasteiger partial charge in [-0.3, -0.25) is 0 Å². The Hall–Kier alpha value is -1.92. The van der Waals surface area contributed by atoms with Gasteiger partial charge in [-0.15, -0.1) is 0 Å². The van der Waals surface area contributed by atoms with Crippen molar-refractivity contribution in [2.45, 2.75) is 57.7 Å². The highest BCUT2D eigenvalue weighted by Gasteiger charge is 2.09. The molecule has 0 spiro atoms. The summed E-state index contributed by atoms with van der Waals surface area (Å²) in [6.07, 6.45) is 0.303. The minimum absolute atomic E-state index is 0.0470. The first-order valence-electron chi connectivity index (χ1n) is 14.7. The van der Waals surface area contributed by atoms with Crippen LogP contribution in [-0.2, 0) is 17.8 Å². The average molecular weight is 425 g/mol. The molecule has 2 rings (SSSR count). The van der Waals surface area contributed by atoms with E-state index in [0.29, 0.717) is 32.1 Å². The highest BCUT2D eigenvalue weighted by molar-refractivity contribution is 5.36. The van der Waals surface area contributed by atoms with Gasteiger partial charge in [-0.05, 0) is 61.9 Å². The summed E-state index contributed by atoms with van der Waals surface area (Å²) >= 11 is 0. The van der Waals surface area contributed by atoms with Crippen molar-refractivity contribution >= 4 is 0 Å². The van der Waals surface area contributed by atoms with Gasteiger partial charge in [0.05, 0.1) is 22.3 Å². The monoisotopic (exact) mass is 424 g/mol. The fourth-order valence-electron chi connectivity index (χ4n) is 2.70. The lowest BCUT2D eigenvalue weighted by Crippen LogP contribution is -2.22. The Kier molecular flexibility index (Phi) is 7.08. The molecule has 2 aromatic carbocycles. The summed E-state index contributed by atoms with van der Waals surface area (Å²) in [5.41, 5.74) is 0.168. The Morgan fingerprint density at radius 3 is 2.50 bits per heavy atom. The molecule has 0 aliphatic carbocycles. The number of aliphatic hydroxyl groups is 2. The second kappa shape index (κ2) is 15.0. The maximum Gasteiger partial charge on any atom is 0.121 e. The smallest absolute Gasteiger partial charge is 0.121 e. The molecule has 0 fully saturated rings. The summed E-state index contributed by atoms with van der Waals surface area (Å²) in [7, 11) is 0. The minimum Gasteiger partial charge on any atom is -0.508 e. The van der Waals surface area contributed by atoms with Gasteiger partial charge in [-0.25, -0.2) is 0 Å². The number of nitrogens with one attached hydrogen (secondary N) is 1. The van der Waals surface area contributed by atoms with Crippen LogP contribution >= 0.6 is 0 Å². The van der Waals surface area contributed by atoms with E-state index in [2.05, 4.69) is 5.32 Å². The molecule has 1 unspecified atom stereocenters. The van der Waals surface area contributed by atoms with Crippen LogP contribution in [0.4, 0.5) is 0 Å². The maximum atomic E-state index is 10.6. The molecule has 0 amide bonds. The van der Waals surface area contributed by atoms with Crippen molar-refractivity contribution < 1.29 is 32.4 Å². The number of unbranched alkanes of at least 4 members (excludes halogenated alkanes) is 2. The zero-order valence-corrected chi connectivity index (χ0v) is 17.1. The molecule has 0 radical (unpaired) electrons. The number of hydrogen-bond acceptors (Lipinski definition) is 5. The molecule has 30 heavy (non-hydrogen) atoms. The molecule has 2 aromatic rings. The van der Waals surface area contributed by atoms with E-state index in [1.807, 2.05) is 30.3 Å². The highest BCUT2D eigenvalue weighted by atomic mass is 16.5. The van der Waals surface area contributed by atoms with Gasteiger partial charge in [0.25, 0.3) is 0 Å². The summed E-state index contributed by atoms with van der Waals surface area (Å²) in [6.45, 7) is -7.56. The van der Waals surface area contributed by atoms with Crippen molar-refractivity contribution in [3.8, 4) is 5.75 Å². The molecule has 0 saturated carbocycles. The van der Waals surface area contributed by atoms with Crippen LogP contribution in [0.15, 0.2) is 48.5 Å². The molecule has 0 bridgehead atoms. The number of aromatic hydroxyl groups is 1. The van der Waals surface area contributed by atoms with Gasteiger partial charge in [0, 0.05) is 27.9 Å². The molecule has 1 atom stereocenters. The molecule has 166 valence electrons. The predicted molar refractivity (Wildman–Crippen MR) is 121 cm³/mol. The van der Waals surface area contributed by atoms with Gasteiger partial charge >= 0.3 is 0 Å². The van der Waals surface area contributed by atoms with Crippen LogP contribution in [0, 0.1) is 0 Å². The van der Waals surface area contributed by atoms with E-state index in [0.717, 1.165) is 5.56 Å². The molecule has 0 aliphatic heterocycles. The number of rotatable bonds is 16. The van der Waals surface area contributed by atoms with Crippen LogP contribution < -0.4 is 5.32 Å². The van der Waals surface area contributed by atoms with Gasteiger partial charge in [0.15, 0.2) is 0 Å². The summed E-state index contributed by atoms with van der Waals surface area (Å²) in [6, 6.07) is 7.56. The van der Waals surface area contributed by atoms with Gasteiger partial charge in [0.1, 0.15) is 5.75 Å². The van der Waals surface area contributed by atoms with Crippen molar-refractivity contribution in [2.75, 3.05) is 26.2 Å². The molecule has 0 aliphatic rings. The van der Waals surface area contributed by atoms with Gasteiger partial charge in [0.2, 0.25) is 0 Å². The Bertz CT molecular complexity index is 1070. The van der Waals surface area contributed by atoms with Crippen molar-refractivity contribution in [1.82, 2.24) is 5.32 Å². The van der Waals surface area contributed by atoms with Crippen LogP contribution in [-0.4, -0.2) is 41.5 Å². The fraction of sp³-hybridized carbons (Fsp3) is 0.520. The Labute approximate surface area is 193 Å². The second-order valence-corrected chi connectivity index (χ2v) is 6.79. The Morgan fingerprint density at radius 2 is 1.73 bits per heavy atom. The van der Waals surface area contributed by atoms with E-state index in [4.69, 9.17) is 17.1 Å². The van der Waals surface area contributed by atoms with Crippen LogP contribution in [0.25, 0.3) is 0 Å². The van der Waals surface area contributed by atoms with Crippen molar-refractivity contribution in [3.63, 3.8) is 0 Å². The number of aryl methyl sites for hydroxylation is 1. The average Bonchev–Trinajstić information content (AvgIpc) is 2.85. The molecule has 5 nitrogen and oxygen atoms in total. The first-order valence-corrected chi connectivity index (χ1v) is 10.2.